The molecule has 0 bridgehead atoms. The van der Waals surface area contributed by atoms with Crippen molar-refractivity contribution in [2.45, 2.75) is 32.3 Å². The molecule has 0 unspecified atom stereocenters. The first kappa shape index (κ1) is 16.7. The van der Waals surface area contributed by atoms with Crippen molar-refractivity contribution >= 4 is 23.5 Å². The first-order chi connectivity index (χ1) is 10.4. The van der Waals surface area contributed by atoms with Gasteiger partial charge in [0, 0.05) is 25.5 Å². The molecule has 0 radical (unpaired) electrons. The number of nitrogens with zero attached hydrogens (tertiary/aromatic N) is 2. The molecule has 2 N–H and O–H groups in total. The topological polar surface area (TPSA) is 90.7 Å². The third-order valence-corrected chi connectivity index (χ3v) is 4.57. The number of hydrogen-bond donors (Lipinski definition) is 2. The predicted molar refractivity (Wildman–Crippen MR) is 80.8 cm³/mol. The number of piperidine rings is 1. The third kappa shape index (κ3) is 2.94. The summed E-state index contributed by atoms with van der Waals surface area (Å²) in [5.41, 5.74) is -0.865. The first-order valence-corrected chi connectivity index (χ1v) is 7.60. The van der Waals surface area contributed by atoms with Crippen molar-refractivity contribution in [3.8, 4) is 0 Å². The molecule has 0 aliphatic carbocycles. The Kier molecular flexibility index (Phi) is 5.03. The Morgan fingerprint density at radius 1 is 1.55 bits per heavy atom. The zero-order valence-electron chi connectivity index (χ0n) is 12.3. The summed E-state index contributed by atoms with van der Waals surface area (Å²) in [7, 11) is 0. The number of halogens is 1. The van der Waals surface area contributed by atoms with E-state index in [-0.39, 0.29) is 30.4 Å². The highest BCUT2D eigenvalue weighted by atomic mass is 35.5. The van der Waals surface area contributed by atoms with E-state index in [0.717, 1.165) is 0 Å². The normalized spacial score (nSPS) is 25.0. The fourth-order valence-electron chi connectivity index (χ4n) is 2.97. The molecule has 2 atom stereocenters. The van der Waals surface area contributed by atoms with Gasteiger partial charge in [-0.3, -0.25) is 14.6 Å². The number of carboxylic acid groups (broad SMARTS) is 1. The smallest absolute Gasteiger partial charge is 0.312 e. The molecule has 1 aromatic rings. The van der Waals surface area contributed by atoms with Gasteiger partial charge in [-0.2, -0.15) is 0 Å². The summed E-state index contributed by atoms with van der Waals surface area (Å²) < 4.78 is 0. The van der Waals surface area contributed by atoms with Crippen LogP contribution in [0.5, 0.6) is 0 Å². The second-order valence-corrected chi connectivity index (χ2v) is 5.99. The van der Waals surface area contributed by atoms with E-state index in [9.17, 15) is 19.8 Å². The highest BCUT2D eigenvalue weighted by Gasteiger charge is 2.48. The van der Waals surface area contributed by atoms with E-state index in [0.29, 0.717) is 18.4 Å². The summed E-state index contributed by atoms with van der Waals surface area (Å²) in [6.45, 7) is 2.15. The molecule has 1 fully saturated rings. The van der Waals surface area contributed by atoms with Crippen LogP contribution in [0.25, 0.3) is 0 Å². The Morgan fingerprint density at radius 3 is 2.82 bits per heavy atom. The van der Waals surface area contributed by atoms with Gasteiger partial charge < -0.3 is 15.1 Å². The number of hydrogen-bond acceptors (Lipinski definition) is 4. The van der Waals surface area contributed by atoms with E-state index in [4.69, 9.17) is 11.6 Å². The summed E-state index contributed by atoms with van der Waals surface area (Å²) in [4.78, 5) is 29.3. The van der Waals surface area contributed by atoms with Crippen molar-refractivity contribution in [1.82, 2.24) is 9.88 Å². The fraction of sp³-hybridized carbons (Fsp3) is 0.533. The molecular formula is C15H19ClN2O4. The van der Waals surface area contributed by atoms with Gasteiger partial charge in [0.05, 0.1) is 22.1 Å². The SMILES string of the molecule is CCC[C@]1(C(=O)O)CCN(C(=O)c2ccncc2Cl)C[C@H]1O. The van der Waals surface area contributed by atoms with Crippen LogP contribution in [0.2, 0.25) is 5.02 Å². The second kappa shape index (κ2) is 6.62. The molecule has 2 rings (SSSR count). The van der Waals surface area contributed by atoms with Crippen molar-refractivity contribution in [3.63, 3.8) is 0 Å². The second-order valence-electron chi connectivity index (χ2n) is 5.58. The van der Waals surface area contributed by atoms with Gasteiger partial charge in [-0.05, 0) is 18.9 Å². The van der Waals surface area contributed by atoms with Gasteiger partial charge in [0.25, 0.3) is 5.91 Å². The number of aliphatic carboxylic acids is 1. The summed E-state index contributed by atoms with van der Waals surface area (Å²) in [5, 5.41) is 20.1. The summed E-state index contributed by atoms with van der Waals surface area (Å²) in [6.07, 6.45) is 3.04. The molecule has 0 saturated carbocycles. The number of likely N-dealkylation sites (tertiary alicyclic amines) is 1. The molecule has 0 aromatic carbocycles. The quantitative estimate of drug-likeness (QED) is 0.880. The van der Waals surface area contributed by atoms with Crippen molar-refractivity contribution < 1.29 is 19.8 Å². The molecule has 0 spiro atoms. The van der Waals surface area contributed by atoms with Gasteiger partial charge in [0.15, 0.2) is 0 Å². The van der Waals surface area contributed by atoms with Gasteiger partial charge in [-0.25, -0.2) is 0 Å². The van der Waals surface area contributed by atoms with Crippen LogP contribution in [0.15, 0.2) is 18.5 Å². The zero-order chi connectivity index (χ0) is 16.3. The van der Waals surface area contributed by atoms with Crippen LogP contribution in [0.4, 0.5) is 0 Å². The average molecular weight is 327 g/mol. The lowest BCUT2D eigenvalue weighted by Gasteiger charge is -2.42. The number of rotatable bonds is 4. The number of pyridine rings is 1. The molecule has 120 valence electrons. The Hall–Kier alpha value is -1.66. The Morgan fingerprint density at radius 2 is 2.27 bits per heavy atom. The lowest BCUT2D eigenvalue weighted by atomic mass is 9.72. The van der Waals surface area contributed by atoms with Gasteiger partial charge in [0.2, 0.25) is 0 Å². The Balaban J connectivity index is 2.18. The highest BCUT2D eigenvalue weighted by Crippen LogP contribution is 2.37. The van der Waals surface area contributed by atoms with Crippen LogP contribution in [0, 0.1) is 5.41 Å². The molecule has 1 aromatic heterocycles. The van der Waals surface area contributed by atoms with E-state index in [1.807, 2.05) is 6.92 Å². The van der Waals surface area contributed by atoms with E-state index < -0.39 is 17.5 Å². The minimum absolute atomic E-state index is 0.0101. The zero-order valence-corrected chi connectivity index (χ0v) is 13.1. The average Bonchev–Trinajstić information content (AvgIpc) is 2.49. The van der Waals surface area contributed by atoms with Crippen molar-refractivity contribution in [3.05, 3.63) is 29.0 Å². The fourth-order valence-corrected chi connectivity index (χ4v) is 3.17. The lowest BCUT2D eigenvalue weighted by molar-refractivity contribution is -0.162. The standard InChI is InChI=1S/C15H19ClN2O4/c1-2-4-15(14(21)22)5-7-18(9-12(15)19)13(20)10-3-6-17-8-11(10)16/h3,6,8,12,19H,2,4-5,7,9H2,1H3,(H,21,22)/t12-,15+/m1/s1. The van der Waals surface area contributed by atoms with Crippen LogP contribution in [0.3, 0.4) is 0 Å². The molecule has 6 nitrogen and oxygen atoms in total. The molecular weight excluding hydrogens is 308 g/mol. The molecule has 7 heteroatoms. The third-order valence-electron chi connectivity index (χ3n) is 4.27. The van der Waals surface area contributed by atoms with Crippen LogP contribution in [0.1, 0.15) is 36.5 Å². The van der Waals surface area contributed by atoms with Crippen molar-refractivity contribution in [2.24, 2.45) is 5.41 Å². The molecule has 2 heterocycles. The Labute approximate surface area is 133 Å². The maximum absolute atomic E-state index is 12.5. The van der Waals surface area contributed by atoms with Crippen molar-refractivity contribution in [1.29, 1.82) is 0 Å². The number of carboxylic acids is 1. The first-order valence-electron chi connectivity index (χ1n) is 7.22. The Bertz CT molecular complexity index is 580. The van der Waals surface area contributed by atoms with Gasteiger partial charge in [-0.1, -0.05) is 24.9 Å². The highest BCUT2D eigenvalue weighted by molar-refractivity contribution is 6.33. The van der Waals surface area contributed by atoms with Gasteiger partial charge in [0.1, 0.15) is 0 Å². The van der Waals surface area contributed by atoms with Crippen LogP contribution < -0.4 is 0 Å². The lowest BCUT2D eigenvalue weighted by Crippen LogP contribution is -2.56. The number of amides is 1. The van der Waals surface area contributed by atoms with E-state index in [1.165, 1.54) is 23.4 Å². The van der Waals surface area contributed by atoms with Crippen molar-refractivity contribution in [2.75, 3.05) is 13.1 Å². The number of aliphatic hydroxyl groups is 1. The van der Waals surface area contributed by atoms with Crippen LogP contribution >= 0.6 is 11.6 Å². The number of β-amino-alcohol motifs (C(OH)–C–C–N with tert-alkyl or cyclic N) is 1. The minimum atomic E-state index is -1.17. The summed E-state index contributed by atoms with van der Waals surface area (Å²) in [6, 6.07) is 1.52. The van der Waals surface area contributed by atoms with Gasteiger partial charge in [-0.15, -0.1) is 0 Å². The molecule has 1 aliphatic rings. The van der Waals surface area contributed by atoms with Crippen LogP contribution in [-0.2, 0) is 4.79 Å². The van der Waals surface area contributed by atoms with E-state index in [1.54, 1.807) is 0 Å². The maximum atomic E-state index is 12.5. The molecule has 1 amide bonds. The maximum Gasteiger partial charge on any atom is 0.312 e. The summed E-state index contributed by atoms with van der Waals surface area (Å²) >= 11 is 5.96. The molecule has 1 aliphatic heterocycles. The molecule has 22 heavy (non-hydrogen) atoms. The number of carbonyl (C=O) groups excluding carboxylic acids is 1. The molecule has 1 saturated heterocycles. The number of aliphatic hydroxyl groups excluding tert-OH is 1. The minimum Gasteiger partial charge on any atom is -0.481 e. The van der Waals surface area contributed by atoms with E-state index in [2.05, 4.69) is 4.98 Å². The number of carbonyl (C=O) groups is 2. The van der Waals surface area contributed by atoms with E-state index >= 15 is 0 Å². The van der Waals surface area contributed by atoms with Crippen LogP contribution in [-0.4, -0.2) is 51.2 Å². The summed E-state index contributed by atoms with van der Waals surface area (Å²) in [5.74, 6) is -1.32. The predicted octanol–water partition coefficient (Wildman–Crippen LogP) is 1.81. The number of aromatic nitrogens is 1. The largest absolute Gasteiger partial charge is 0.481 e. The monoisotopic (exact) mass is 326 g/mol. The van der Waals surface area contributed by atoms with Gasteiger partial charge >= 0.3 is 5.97 Å².